The number of benzene rings is 1. The molecular weight excluding hydrogens is 386 g/mol. The van der Waals surface area contributed by atoms with Crippen molar-refractivity contribution in [1.29, 1.82) is 0 Å². The van der Waals surface area contributed by atoms with Crippen LogP contribution in [0.25, 0.3) is 11.1 Å². The number of piperidine rings is 1. The number of amides is 1. The van der Waals surface area contributed by atoms with Gasteiger partial charge in [-0.05, 0) is 42.4 Å². The van der Waals surface area contributed by atoms with E-state index < -0.39 is 0 Å². The molecule has 0 radical (unpaired) electrons. The maximum Gasteiger partial charge on any atom is 0.236 e. The summed E-state index contributed by atoms with van der Waals surface area (Å²) in [6, 6.07) is 7.91. The van der Waals surface area contributed by atoms with Gasteiger partial charge in [-0.25, -0.2) is 9.97 Å². The Morgan fingerprint density at radius 3 is 2.77 bits per heavy atom. The molecule has 2 saturated heterocycles. The van der Waals surface area contributed by atoms with Crippen molar-refractivity contribution in [2.24, 2.45) is 0 Å². The van der Waals surface area contributed by atoms with Gasteiger partial charge in [0.1, 0.15) is 6.33 Å². The summed E-state index contributed by atoms with van der Waals surface area (Å²) in [6.45, 7) is 7.49. The zero-order chi connectivity index (χ0) is 21.2. The Hall–Kier alpha value is -2.31. The third-order valence-corrected chi connectivity index (χ3v) is 7.45. The Kier molecular flexibility index (Phi) is 6.01. The summed E-state index contributed by atoms with van der Waals surface area (Å²) in [6.07, 6.45) is 11.4. The Labute approximate surface area is 185 Å². The molecule has 1 aromatic heterocycles. The van der Waals surface area contributed by atoms with Crippen molar-refractivity contribution in [2.45, 2.75) is 57.7 Å². The second kappa shape index (κ2) is 9.05. The molecule has 3 aliphatic heterocycles. The summed E-state index contributed by atoms with van der Waals surface area (Å²) in [4.78, 5) is 28.5. The first-order chi connectivity index (χ1) is 15.2. The number of piperazine rings is 1. The molecule has 0 N–H and O–H groups in total. The van der Waals surface area contributed by atoms with Crippen LogP contribution < -0.4 is 0 Å². The molecule has 0 spiro atoms. The van der Waals surface area contributed by atoms with E-state index in [1.807, 2.05) is 12.4 Å². The highest BCUT2D eigenvalue weighted by Gasteiger charge is 2.35. The predicted octanol–water partition coefficient (Wildman–Crippen LogP) is 2.98. The SMILES string of the molecule is CCC1CCC[C@H]2CN(C(=O)CN3CCc4cc(-c5cncnc5)ccc4C3)CCN12. The van der Waals surface area contributed by atoms with E-state index in [9.17, 15) is 4.79 Å². The highest BCUT2D eigenvalue weighted by atomic mass is 16.2. The Balaban J connectivity index is 1.19. The first-order valence-electron chi connectivity index (χ1n) is 11.8. The number of fused-ring (bicyclic) bond motifs is 2. The number of rotatable bonds is 4. The Morgan fingerprint density at radius 2 is 1.94 bits per heavy atom. The molecule has 5 rings (SSSR count). The third-order valence-electron chi connectivity index (χ3n) is 7.45. The lowest BCUT2D eigenvalue weighted by molar-refractivity contribution is -0.137. The molecule has 1 aromatic carbocycles. The zero-order valence-corrected chi connectivity index (χ0v) is 18.5. The second-order valence-corrected chi connectivity index (χ2v) is 9.30. The van der Waals surface area contributed by atoms with E-state index in [1.54, 1.807) is 6.33 Å². The minimum absolute atomic E-state index is 0.305. The van der Waals surface area contributed by atoms with Crippen molar-refractivity contribution in [2.75, 3.05) is 32.7 Å². The average Bonchev–Trinajstić information content (AvgIpc) is 2.83. The lowest BCUT2D eigenvalue weighted by Gasteiger charge is -2.48. The highest BCUT2D eigenvalue weighted by molar-refractivity contribution is 5.78. The molecule has 3 aliphatic rings. The standard InChI is InChI=1S/C25H33N5O/c1-2-23-4-3-5-24-16-29(10-11-30(23)24)25(31)17-28-9-8-20-12-19(6-7-21(20)15-28)22-13-26-18-27-14-22/h6-7,12-14,18,23-24H,2-5,8-11,15-17H2,1H3/t23?,24-/m0/s1. The normalized spacial score (nSPS) is 24.5. The fraction of sp³-hybridized carbons (Fsp3) is 0.560. The van der Waals surface area contributed by atoms with Gasteiger partial charge in [-0.15, -0.1) is 0 Å². The number of hydrogen-bond acceptors (Lipinski definition) is 5. The summed E-state index contributed by atoms with van der Waals surface area (Å²) in [5.41, 5.74) is 4.93. The predicted molar refractivity (Wildman–Crippen MR) is 121 cm³/mol. The molecule has 2 fully saturated rings. The first-order valence-corrected chi connectivity index (χ1v) is 11.8. The average molecular weight is 420 g/mol. The second-order valence-electron chi connectivity index (χ2n) is 9.30. The fourth-order valence-electron chi connectivity index (χ4n) is 5.69. The molecule has 4 heterocycles. The van der Waals surface area contributed by atoms with Crippen molar-refractivity contribution >= 4 is 5.91 Å². The molecule has 31 heavy (non-hydrogen) atoms. The van der Waals surface area contributed by atoms with Crippen LogP contribution in [0.3, 0.4) is 0 Å². The lowest BCUT2D eigenvalue weighted by Crippen LogP contribution is -2.60. The van der Waals surface area contributed by atoms with Crippen molar-refractivity contribution in [3.8, 4) is 11.1 Å². The van der Waals surface area contributed by atoms with E-state index in [1.165, 1.54) is 42.4 Å². The summed E-state index contributed by atoms with van der Waals surface area (Å²) in [7, 11) is 0. The lowest BCUT2D eigenvalue weighted by atomic mass is 9.92. The molecule has 6 heteroatoms. The van der Waals surface area contributed by atoms with Crippen LogP contribution >= 0.6 is 0 Å². The van der Waals surface area contributed by atoms with Crippen LogP contribution in [0.5, 0.6) is 0 Å². The fourth-order valence-corrected chi connectivity index (χ4v) is 5.69. The van der Waals surface area contributed by atoms with Crippen molar-refractivity contribution < 1.29 is 4.79 Å². The van der Waals surface area contributed by atoms with Crippen LogP contribution in [0.2, 0.25) is 0 Å². The van der Waals surface area contributed by atoms with Gasteiger partial charge in [0.2, 0.25) is 5.91 Å². The smallest absolute Gasteiger partial charge is 0.236 e. The summed E-state index contributed by atoms with van der Waals surface area (Å²) >= 11 is 0. The quantitative estimate of drug-likeness (QED) is 0.763. The van der Waals surface area contributed by atoms with Gasteiger partial charge in [-0.3, -0.25) is 14.6 Å². The molecule has 1 unspecified atom stereocenters. The third kappa shape index (κ3) is 4.37. The van der Waals surface area contributed by atoms with E-state index in [-0.39, 0.29) is 0 Å². The first kappa shape index (κ1) is 20.6. The monoisotopic (exact) mass is 419 g/mol. The molecular formula is C25H33N5O. The van der Waals surface area contributed by atoms with Gasteiger partial charge in [0.25, 0.3) is 0 Å². The van der Waals surface area contributed by atoms with E-state index in [2.05, 4.69) is 49.8 Å². The summed E-state index contributed by atoms with van der Waals surface area (Å²) < 4.78 is 0. The molecule has 2 atom stereocenters. The Morgan fingerprint density at radius 1 is 1.06 bits per heavy atom. The molecule has 0 saturated carbocycles. The van der Waals surface area contributed by atoms with Crippen LogP contribution in [0, 0.1) is 0 Å². The van der Waals surface area contributed by atoms with E-state index >= 15 is 0 Å². The van der Waals surface area contributed by atoms with Gasteiger partial charge in [-0.1, -0.05) is 31.5 Å². The molecule has 0 aliphatic carbocycles. The van der Waals surface area contributed by atoms with E-state index in [0.717, 1.165) is 50.7 Å². The zero-order valence-electron chi connectivity index (χ0n) is 18.5. The van der Waals surface area contributed by atoms with Crippen LogP contribution in [0.15, 0.2) is 36.9 Å². The maximum absolute atomic E-state index is 13.1. The van der Waals surface area contributed by atoms with Crippen molar-refractivity contribution in [1.82, 2.24) is 24.7 Å². The molecule has 2 aromatic rings. The van der Waals surface area contributed by atoms with Crippen LogP contribution in [-0.2, 0) is 17.8 Å². The van der Waals surface area contributed by atoms with E-state index in [0.29, 0.717) is 18.5 Å². The van der Waals surface area contributed by atoms with Crippen LogP contribution in [0.4, 0.5) is 0 Å². The largest absolute Gasteiger partial charge is 0.339 e. The summed E-state index contributed by atoms with van der Waals surface area (Å²) in [5, 5.41) is 0. The number of hydrogen-bond donors (Lipinski definition) is 0. The van der Waals surface area contributed by atoms with Crippen molar-refractivity contribution in [3.63, 3.8) is 0 Å². The minimum atomic E-state index is 0.305. The van der Waals surface area contributed by atoms with Crippen LogP contribution in [-0.4, -0.2) is 75.4 Å². The number of aromatic nitrogens is 2. The topological polar surface area (TPSA) is 52.6 Å². The van der Waals surface area contributed by atoms with Gasteiger partial charge in [0.05, 0.1) is 6.54 Å². The van der Waals surface area contributed by atoms with Gasteiger partial charge in [-0.2, -0.15) is 0 Å². The molecule has 0 bridgehead atoms. The van der Waals surface area contributed by atoms with Gasteiger partial charge >= 0.3 is 0 Å². The van der Waals surface area contributed by atoms with Gasteiger partial charge < -0.3 is 4.90 Å². The number of carbonyl (C=O) groups excluding carboxylic acids is 1. The summed E-state index contributed by atoms with van der Waals surface area (Å²) in [5.74, 6) is 0.305. The van der Waals surface area contributed by atoms with Gasteiger partial charge in [0.15, 0.2) is 0 Å². The molecule has 1 amide bonds. The minimum Gasteiger partial charge on any atom is -0.339 e. The van der Waals surface area contributed by atoms with E-state index in [4.69, 9.17) is 0 Å². The van der Waals surface area contributed by atoms with Crippen molar-refractivity contribution in [3.05, 3.63) is 48.0 Å². The molecule has 164 valence electrons. The highest BCUT2D eigenvalue weighted by Crippen LogP contribution is 2.29. The maximum atomic E-state index is 13.1. The van der Waals surface area contributed by atoms with Crippen LogP contribution in [0.1, 0.15) is 43.7 Å². The van der Waals surface area contributed by atoms with Gasteiger partial charge in [0, 0.05) is 62.8 Å². The molecule has 6 nitrogen and oxygen atoms in total. The number of carbonyl (C=O) groups is 1. The Bertz CT molecular complexity index is 917. The number of nitrogens with zero attached hydrogens (tertiary/aromatic N) is 5.